The molecule has 2 nitrogen and oxygen atoms in total. The van der Waals surface area contributed by atoms with Crippen molar-refractivity contribution in [2.45, 2.75) is 51.2 Å². The van der Waals surface area contributed by atoms with Crippen LogP contribution < -0.4 is 0 Å². The number of nitrogens with zero attached hydrogens (tertiary/aromatic N) is 1. The number of hydrogen-bond acceptors (Lipinski definition) is 2. The van der Waals surface area contributed by atoms with E-state index in [1.165, 1.54) is 0 Å². The van der Waals surface area contributed by atoms with E-state index < -0.39 is 5.60 Å². The number of rotatable bonds is 2. The first-order chi connectivity index (χ1) is 5.44. The largest absolute Gasteiger partial charge is 0.388 e. The van der Waals surface area contributed by atoms with Crippen LogP contribution in [0.1, 0.15) is 40.0 Å². The maximum absolute atomic E-state index is 10.2. The normalized spacial score (nSPS) is 42.5. The molecule has 0 spiro atoms. The van der Waals surface area contributed by atoms with Crippen molar-refractivity contribution in [3.05, 3.63) is 0 Å². The van der Waals surface area contributed by atoms with Crippen LogP contribution in [0.3, 0.4) is 0 Å². The van der Waals surface area contributed by atoms with Gasteiger partial charge in [0.1, 0.15) is 0 Å². The molecule has 0 aliphatic heterocycles. The fourth-order valence-corrected chi connectivity index (χ4v) is 2.27. The van der Waals surface area contributed by atoms with Gasteiger partial charge in [0.15, 0.2) is 0 Å². The lowest BCUT2D eigenvalue weighted by Gasteiger charge is -2.44. The third-order valence-electron chi connectivity index (χ3n) is 3.80. The highest BCUT2D eigenvalue weighted by atomic mass is 16.3. The van der Waals surface area contributed by atoms with Gasteiger partial charge in [0.05, 0.1) is 5.60 Å². The zero-order chi connectivity index (χ0) is 9.41. The van der Waals surface area contributed by atoms with Gasteiger partial charge >= 0.3 is 0 Å². The molecule has 1 fully saturated rings. The Labute approximate surface area is 75.6 Å². The molecule has 2 heteroatoms. The van der Waals surface area contributed by atoms with E-state index in [1.54, 1.807) is 0 Å². The minimum atomic E-state index is -0.502. The molecule has 1 aliphatic rings. The Kier molecular flexibility index (Phi) is 2.50. The molecule has 2 atom stereocenters. The maximum atomic E-state index is 10.2. The molecule has 0 amide bonds. The Bertz CT molecular complexity index is 167. The summed E-state index contributed by atoms with van der Waals surface area (Å²) in [7, 11) is 2.10. The van der Waals surface area contributed by atoms with E-state index in [1.807, 2.05) is 6.92 Å². The number of hydrogen-bond donors (Lipinski definition) is 1. The van der Waals surface area contributed by atoms with Crippen molar-refractivity contribution in [2.24, 2.45) is 0 Å². The summed E-state index contributed by atoms with van der Waals surface area (Å²) in [5.74, 6) is 0. The Balaban J connectivity index is 2.82. The van der Waals surface area contributed by atoms with E-state index in [-0.39, 0.29) is 5.54 Å². The molecule has 0 saturated heterocycles. The Hall–Kier alpha value is -0.0800. The molecular formula is C10H21NO. The van der Waals surface area contributed by atoms with Crippen LogP contribution in [0.2, 0.25) is 0 Å². The lowest BCUT2D eigenvalue weighted by Crippen LogP contribution is -2.56. The highest BCUT2D eigenvalue weighted by Crippen LogP contribution is 2.42. The summed E-state index contributed by atoms with van der Waals surface area (Å²) < 4.78 is 0. The minimum absolute atomic E-state index is 0.0122. The summed E-state index contributed by atoms with van der Waals surface area (Å²) in [6.07, 6.45) is 3.20. The summed E-state index contributed by atoms with van der Waals surface area (Å²) >= 11 is 0. The summed E-state index contributed by atoms with van der Waals surface area (Å²) in [4.78, 5) is 2.26. The average molecular weight is 171 g/mol. The van der Waals surface area contributed by atoms with Crippen LogP contribution in [0.15, 0.2) is 0 Å². The van der Waals surface area contributed by atoms with Crippen molar-refractivity contribution in [3.8, 4) is 0 Å². The van der Waals surface area contributed by atoms with E-state index in [4.69, 9.17) is 0 Å². The van der Waals surface area contributed by atoms with E-state index in [2.05, 4.69) is 25.8 Å². The molecule has 0 heterocycles. The van der Waals surface area contributed by atoms with Gasteiger partial charge < -0.3 is 5.11 Å². The summed E-state index contributed by atoms with van der Waals surface area (Å²) in [5.41, 5.74) is -0.514. The molecule has 1 rings (SSSR count). The van der Waals surface area contributed by atoms with Gasteiger partial charge in [-0.3, -0.25) is 4.90 Å². The molecular weight excluding hydrogens is 150 g/mol. The van der Waals surface area contributed by atoms with Crippen LogP contribution in [-0.4, -0.2) is 34.7 Å². The zero-order valence-corrected chi connectivity index (χ0v) is 8.72. The predicted octanol–water partition coefficient (Wildman–Crippen LogP) is 1.63. The van der Waals surface area contributed by atoms with Gasteiger partial charge in [-0.25, -0.2) is 0 Å². The fraction of sp³-hybridized carbons (Fsp3) is 1.00. The maximum Gasteiger partial charge on any atom is 0.0799 e. The van der Waals surface area contributed by atoms with Gasteiger partial charge in [0.2, 0.25) is 0 Å². The van der Waals surface area contributed by atoms with Crippen LogP contribution in [0, 0.1) is 0 Å². The topological polar surface area (TPSA) is 23.5 Å². The average Bonchev–Trinajstić information content (AvgIpc) is 2.26. The number of likely N-dealkylation sites (N-methyl/N-ethyl adjacent to an activating group) is 1. The number of aliphatic hydroxyl groups is 1. The van der Waals surface area contributed by atoms with Gasteiger partial charge in [0, 0.05) is 5.54 Å². The Morgan fingerprint density at radius 1 is 1.33 bits per heavy atom. The van der Waals surface area contributed by atoms with E-state index in [0.29, 0.717) is 0 Å². The quantitative estimate of drug-likeness (QED) is 0.682. The van der Waals surface area contributed by atoms with Crippen LogP contribution in [-0.2, 0) is 0 Å². The van der Waals surface area contributed by atoms with E-state index in [9.17, 15) is 5.11 Å². The van der Waals surface area contributed by atoms with Crippen LogP contribution in [0.25, 0.3) is 0 Å². The summed E-state index contributed by atoms with van der Waals surface area (Å²) in [5, 5.41) is 10.2. The molecule has 0 aromatic rings. The van der Waals surface area contributed by atoms with Gasteiger partial charge in [-0.05, 0) is 46.7 Å². The first-order valence-electron chi connectivity index (χ1n) is 4.87. The minimum Gasteiger partial charge on any atom is -0.388 e. The van der Waals surface area contributed by atoms with Gasteiger partial charge in [-0.15, -0.1) is 0 Å². The molecule has 0 aromatic heterocycles. The van der Waals surface area contributed by atoms with Crippen molar-refractivity contribution < 1.29 is 5.11 Å². The monoisotopic (exact) mass is 171 g/mol. The van der Waals surface area contributed by atoms with E-state index in [0.717, 1.165) is 25.8 Å². The lowest BCUT2D eigenvalue weighted by atomic mass is 9.84. The molecule has 0 aromatic carbocycles. The molecule has 1 N–H and O–H groups in total. The molecule has 0 bridgehead atoms. The summed E-state index contributed by atoms with van der Waals surface area (Å²) in [6, 6.07) is 0. The Morgan fingerprint density at radius 3 is 2.25 bits per heavy atom. The van der Waals surface area contributed by atoms with Crippen molar-refractivity contribution in [1.29, 1.82) is 0 Å². The Morgan fingerprint density at radius 2 is 1.92 bits per heavy atom. The fourth-order valence-electron chi connectivity index (χ4n) is 2.27. The smallest absolute Gasteiger partial charge is 0.0799 e. The molecule has 1 aliphatic carbocycles. The molecule has 72 valence electrons. The molecule has 2 unspecified atom stereocenters. The second-order valence-corrected chi connectivity index (χ2v) is 4.42. The highest BCUT2D eigenvalue weighted by molar-refractivity contribution is 5.05. The first kappa shape index (κ1) is 10.0. The summed E-state index contributed by atoms with van der Waals surface area (Å²) in [6.45, 7) is 7.28. The van der Waals surface area contributed by atoms with Crippen LogP contribution >= 0.6 is 0 Å². The highest BCUT2D eigenvalue weighted by Gasteiger charge is 2.49. The standard InChI is InChI=1S/C10H21NO/c1-5-11(4)9(2)7-6-8-10(9,3)12/h12H,5-8H2,1-4H3. The predicted molar refractivity (Wildman–Crippen MR) is 51.2 cm³/mol. The van der Waals surface area contributed by atoms with Crippen molar-refractivity contribution >= 4 is 0 Å². The lowest BCUT2D eigenvalue weighted by molar-refractivity contribution is -0.0610. The van der Waals surface area contributed by atoms with Gasteiger partial charge in [0.25, 0.3) is 0 Å². The van der Waals surface area contributed by atoms with Crippen molar-refractivity contribution in [2.75, 3.05) is 13.6 Å². The third kappa shape index (κ3) is 1.27. The SMILES string of the molecule is CCN(C)C1(C)CCCC1(C)O. The zero-order valence-electron chi connectivity index (χ0n) is 8.72. The molecule has 12 heavy (non-hydrogen) atoms. The van der Waals surface area contributed by atoms with E-state index >= 15 is 0 Å². The molecule has 0 radical (unpaired) electrons. The van der Waals surface area contributed by atoms with Crippen LogP contribution in [0.4, 0.5) is 0 Å². The second-order valence-electron chi connectivity index (χ2n) is 4.42. The molecule has 1 saturated carbocycles. The van der Waals surface area contributed by atoms with Crippen molar-refractivity contribution in [1.82, 2.24) is 4.90 Å². The third-order valence-corrected chi connectivity index (χ3v) is 3.80. The first-order valence-corrected chi connectivity index (χ1v) is 4.87. The van der Waals surface area contributed by atoms with Gasteiger partial charge in [-0.2, -0.15) is 0 Å². The van der Waals surface area contributed by atoms with Crippen LogP contribution in [0.5, 0.6) is 0 Å². The second kappa shape index (κ2) is 3.00. The van der Waals surface area contributed by atoms with Gasteiger partial charge in [-0.1, -0.05) is 6.92 Å². The van der Waals surface area contributed by atoms with Crippen molar-refractivity contribution in [3.63, 3.8) is 0 Å².